The molecule has 3 N–H and O–H groups in total. The first kappa shape index (κ1) is 19.1. The van der Waals surface area contributed by atoms with Crippen molar-refractivity contribution in [1.82, 2.24) is 16.2 Å². The third-order valence-electron chi connectivity index (χ3n) is 3.26. The minimum Gasteiger partial charge on any atom is -0.493 e. The lowest BCUT2D eigenvalue weighted by molar-refractivity contribution is -0.121. The van der Waals surface area contributed by atoms with E-state index in [0.717, 1.165) is 17.1 Å². The summed E-state index contributed by atoms with van der Waals surface area (Å²) in [4.78, 5) is 11.8. The lowest BCUT2D eigenvalue weighted by Crippen LogP contribution is -2.46. The highest BCUT2D eigenvalue weighted by atomic mass is 35.5. The Kier molecular flexibility index (Phi) is 7.56. The Morgan fingerprint density at radius 2 is 2.16 bits per heavy atom. The number of carbonyl (C=O) groups excluding carboxylic acids is 1. The highest BCUT2D eigenvalue weighted by Gasteiger charge is 2.04. The van der Waals surface area contributed by atoms with Gasteiger partial charge in [-0.05, 0) is 61.5 Å². The molecule has 25 heavy (non-hydrogen) atoms. The molecule has 0 fully saturated rings. The first-order valence-electron chi connectivity index (χ1n) is 7.78. The topological polar surface area (TPSA) is 75.5 Å². The van der Waals surface area contributed by atoms with E-state index in [4.69, 9.17) is 33.0 Å². The van der Waals surface area contributed by atoms with E-state index in [-0.39, 0.29) is 5.91 Å². The van der Waals surface area contributed by atoms with Gasteiger partial charge in [0.2, 0.25) is 5.91 Å². The van der Waals surface area contributed by atoms with Crippen LogP contribution in [-0.4, -0.2) is 17.6 Å². The third-order valence-corrected chi connectivity index (χ3v) is 3.74. The van der Waals surface area contributed by atoms with Crippen LogP contribution in [0.5, 0.6) is 5.75 Å². The standard InChI is InChI=1S/C17H20ClN3O3S/c1-12-10-13(18)6-7-15(12)24-9-3-5-16(22)20-21-17(25)19-11-14-4-2-8-23-14/h2,4,6-8,10H,3,5,9,11H2,1H3,(H,20,22)(H2,19,21,25). The largest absolute Gasteiger partial charge is 0.493 e. The van der Waals surface area contributed by atoms with Crippen LogP contribution < -0.4 is 20.9 Å². The molecule has 0 saturated heterocycles. The summed E-state index contributed by atoms with van der Waals surface area (Å²) in [5.41, 5.74) is 6.14. The monoisotopic (exact) mass is 381 g/mol. The Balaban J connectivity index is 1.56. The summed E-state index contributed by atoms with van der Waals surface area (Å²) in [6.07, 6.45) is 2.49. The van der Waals surface area contributed by atoms with Gasteiger partial charge in [0.25, 0.3) is 0 Å². The molecule has 2 rings (SSSR count). The van der Waals surface area contributed by atoms with Crippen molar-refractivity contribution in [1.29, 1.82) is 0 Å². The van der Waals surface area contributed by atoms with Gasteiger partial charge in [-0.25, -0.2) is 0 Å². The molecular formula is C17H20ClN3O3S. The second-order valence-electron chi connectivity index (χ2n) is 5.30. The van der Waals surface area contributed by atoms with Crippen LogP contribution in [-0.2, 0) is 11.3 Å². The van der Waals surface area contributed by atoms with Gasteiger partial charge in [0, 0.05) is 11.4 Å². The smallest absolute Gasteiger partial charge is 0.238 e. The van der Waals surface area contributed by atoms with Crippen molar-refractivity contribution < 1.29 is 13.9 Å². The molecular weight excluding hydrogens is 362 g/mol. The van der Waals surface area contributed by atoms with Crippen molar-refractivity contribution in [3.63, 3.8) is 0 Å². The van der Waals surface area contributed by atoms with E-state index in [2.05, 4.69) is 16.2 Å². The molecule has 1 aromatic heterocycles. The molecule has 0 aliphatic rings. The number of rotatable bonds is 7. The fourth-order valence-electron chi connectivity index (χ4n) is 2.00. The van der Waals surface area contributed by atoms with E-state index in [1.165, 1.54) is 0 Å². The Bertz CT molecular complexity index is 707. The number of hydrogen-bond donors (Lipinski definition) is 3. The normalized spacial score (nSPS) is 10.2. The van der Waals surface area contributed by atoms with Crippen LogP contribution in [0.15, 0.2) is 41.0 Å². The maximum Gasteiger partial charge on any atom is 0.238 e. The van der Waals surface area contributed by atoms with Crippen molar-refractivity contribution in [2.45, 2.75) is 26.3 Å². The van der Waals surface area contributed by atoms with E-state index in [9.17, 15) is 4.79 Å². The van der Waals surface area contributed by atoms with Crippen LogP contribution >= 0.6 is 23.8 Å². The van der Waals surface area contributed by atoms with Crippen molar-refractivity contribution >= 4 is 34.8 Å². The van der Waals surface area contributed by atoms with E-state index >= 15 is 0 Å². The molecule has 2 aromatic rings. The number of hydrogen-bond acceptors (Lipinski definition) is 4. The number of halogens is 1. The summed E-state index contributed by atoms with van der Waals surface area (Å²) in [6, 6.07) is 9.06. The van der Waals surface area contributed by atoms with E-state index in [0.29, 0.717) is 36.1 Å². The van der Waals surface area contributed by atoms with Gasteiger partial charge in [-0.3, -0.25) is 15.6 Å². The molecule has 1 heterocycles. The zero-order valence-electron chi connectivity index (χ0n) is 13.8. The van der Waals surface area contributed by atoms with Crippen molar-refractivity contribution in [3.05, 3.63) is 52.9 Å². The quantitative estimate of drug-likeness (QED) is 0.389. The predicted octanol–water partition coefficient (Wildman–Crippen LogP) is 3.10. The zero-order chi connectivity index (χ0) is 18.1. The van der Waals surface area contributed by atoms with E-state index in [1.807, 2.05) is 25.1 Å². The Morgan fingerprint density at radius 1 is 1.32 bits per heavy atom. The Hall–Kier alpha value is -2.25. The highest BCUT2D eigenvalue weighted by Crippen LogP contribution is 2.21. The number of benzene rings is 1. The van der Waals surface area contributed by atoms with Gasteiger partial charge >= 0.3 is 0 Å². The fourth-order valence-corrected chi connectivity index (χ4v) is 2.35. The molecule has 0 aliphatic heterocycles. The van der Waals surface area contributed by atoms with Crippen LogP contribution in [0.1, 0.15) is 24.2 Å². The molecule has 0 radical (unpaired) electrons. The summed E-state index contributed by atoms with van der Waals surface area (Å²) in [6.45, 7) is 2.81. The molecule has 0 bridgehead atoms. The number of carbonyl (C=O) groups is 1. The van der Waals surface area contributed by atoms with Crippen LogP contribution in [0.4, 0.5) is 0 Å². The maximum atomic E-state index is 11.8. The Labute approximate surface area is 156 Å². The van der Waals surface area contributed by atoms with Gasteiger partial charge in [0.05, 0.1) is 19.4 Å². The van der Waals surface area contributed by atoms with Crippen LogP contribution in [0.25, 0.3) is 0 Å². The first-order valence-corrected chi connectivity index (χ1v) is 8.57. The van der Waals surface area contributed by atoms with Gasteiger partial charge in [0.15, 0.2) is 5.11 Å². The summed E-state index contributed by atoms with van der Waals surface area (Å²) in [5, 5.41) is 3.91. The van der Waals surface area contributed by atoms with Crippen molar-refractivity contribution in [2.75, 3.05) is 6.61 Å². The average Bonchev–Trinajstić information content (AvgIpc) is 3.10. The molecule has 8 heteroatoms. The molecule has 0 atom stereocenters. The molecule has 0 saturated carbocycles. The fraction of sp³-hybridized carbons (Fsp3) is 0.294. The second-order valence-corrected chi connectivity index (χ2v) is 6.14. The van der Waals surface area contributed by atoms with Gasteiger partial charge < -0.3 is 14.5 Å². The summed E-state index contributed by atoms with van der Waals surface area (Å²) in [5.74, 6) is 1.36. The summed E-state index contributed by atoms with van der Waals surface area (Å²) < 4.78 is 10.8. The number of thiocarbonyl (C=S) groups is 1. The number of amides is 1. The lowest BCUT2D eigenvalue weighted by Gasteiger charge is -2.11. The molecule has 0 unspecified atom stereocenters. The number of nitrogens with one attached hydrogen (secondary N) is 3. The minimum absolute atomic E-state index is 0.168. The molecule has 6 nitrogen and oxygen atoms in total. The minimum atomic E-state index is -0.168. The average molecular weight is 382 g/mol. The molecule has 1 amide bonds. The number of hydrazine groups is 1. The molecule has 134 valence electrons. The first-order chi connectivity index (χ1) is 12.0. The second kappa shape index (κ2) is 9.90. The number of furan rings is 1. The van der Waals surface area contributed by atoms with E-state index < -0.39 is 0 Å². The van der Waals surface area contributed by atoms with E-state index in [1.54, 1.807) is 18.4 Å². The van der Waals surface area contributed by atoms with Crippen LogP contribution in [0.2, 0.25) is 5.02 Å². The van der Waals surface area contributed by atoms with Gasteiger partial charge in [-0.15, -0.1) is 0 Å². The van der Waals surface area contributed by atoms with Gasteiger partial charge in [-0.1, -0.05) is 11.6 Å². The molecule has 1 aromatic carbocycles. The SMILES string of the molecule is Cc1cc(Cl)ccc1OCCCC(=O)NNC(=S)NCc1ccco1. The van der Waals surface area contributed by atoms with Crippen LogP contribution in [0, 0.1) is 6.92 Å². The highest BCUT2D eigenvalue weighted by molar-refractivity contribution is 7.80. The van der Waals surface area contributed by atoms with Gasteiger partial charge in [-0.2, -0.15) is 0 Å². The third kappa shape index (κ3) is 7.03. The predicted molar refractivity (Wildman–Crippen MR) is 100 cm³/mol. The number of aryl methyl sites for hydroxylation is 1. The molecule has 0 spiro atoms. The van der Waals surface area contributed by atoms with Crippen LogP contribution in [0.3, 0.4) is 0 Å². The van der Waals surface area contributed by atoms with Crippen molar-refractivity contribution in [2.24, 2.45) is 0 Å². The number of ether oxygens (including phenoxy) is 1. The zero-order valence-corrected chi connectivity index (χ0v) is 15.4. The van der Waals surface area contributed by atoms with Gasteiger partial charge in [0.1, 0.15) is 11.5 Å². The molecule has 0 aliphatic carbocycles. The Morgan fingerprint density at radius 3 is 2.88 bits per heavy atom. The maximum absolute atomic E-state index is 11.8. The summed E-state index contributed by atoms with van der Waals surface area (Å²) >= 11 is 11.0. The lowest BCUT2D eigenvalue weighted by atomic mass is 10.2. The van der Waals surface area contributed by atoms with Crippen molar-refractivity contribution in [3.8, 4) is 5.75 Å². The summed E-state index contributed by atoms with van der Waals surface area (Å²) in [7, 11) is 0.